The van der Waals surface area contributed by atoms with E-state index in [1.165, 1.54) is 18.4 Å². The summed E-state index contributed by atoms with van der Waals surface area (Å²) in [6.07, 6.45) is 7.53. The van der Waals surface area contributed by atoms with Crippen LogP contribution in [0.1, 0.15) is 75.0 Å². The minimum atomic E-state index is -1.22. The monoisotopic (exact) mass is 515 g/mol. The van der Waals surface area contributed by atoms with Crippen LogP contribution in [0.25, 0.3) is 11.4 Å². The molecule has 200 valence electrons. The molecule has 1 atom stereocenters. The van der Waals surface area contributed by atoms with Crippen LogP contribution in [0.4, 0.5) is 0 Å². The van der Waals surface area contributed by atoms with E-state index >= 15 is 0 Å². The molecule has 8 heteroatoms. The van der Waals surface area contributed by atoms with Crippen LogP contribution in [0.2, 0.25) is 0 Å². The van der Waals surface area contributed by atoms with Gasteiger partial charge in [0.05, 0.1) is 0 Å². The smallest absolute Gasteiger partial charge is 0.230 e. The third kappa shape index (κ3) is 4.14. The second-order valence-corrected chi connectivity index (χ2v) is 12.3. The van der Waals surface area contributed by atoms with Crippen LogP contribution in [0.3, 0.4) is 0 Å². The van der Waals surface area contributed by atoms with Crippen LogP contribution in [-0.4, -0.2) is 69.2 Å². The Morgan fingerprint density at radius 1 is 1.08 bits per heavy atom. The van der Waals surface area contributed by atoms with Gasteiger partial charge in [0.15, 0.2) is 0 Å². The van der Waals surface area contributed by atoms with Crippen molar-refractivity contribution in [3.63, 3.8) is 0 Å². The maximum Gasteiger partial charge on any atom is 0.230 e. The molecule has 8 nitrogen and oxygen atoms in total. The highest BCUT2D eigenvalue weighted by molar-refractivity contribution is 5.73. The number of carbonyl (C=O) groups is 1. The van der Waals surface area contributed by atoms with Gasteiger partial charge in [-0.1, -0.05) is 43.3 Å². The molecule has 1 saturated carbocycles. The second kappa shape index (κ2) is 8.99. The number of carbonyl (C=O) groups excluding carboxylic acids is 1. The Morgan fingerprint density at radius 2 is 1.76 bits per heavy atom. The summed E-state index contributed by atoms with van der Waals surface area (Å²) in [5, 5.41) is 16.8. The molecule has 3 aromatic rings. The minimum Gasteiger partial charge on any atom is -0.380 e. The van der Waals surface area contributed by atoms with E-state index in [9.17, 15) is 9.90 Å². The number of pyridine rings is 1. The van der Waals surface area contributed by atoms with Gasteiger partial charge in [-0.05, 0) is 55.3 Å². The van der Waals surface area contributed by atoms with Crippen molar-refractivity contribution >= 4 is 5.91 Å². The van der Waals surface area contributed by atoms with Crippen LogP contribution >= 0.6 is 0 Å². The molecule has 1 aliphatic carbocycles. The second-order valence-electron chi connectivity index (χ2n) is 12.3. The summed E-state index contributed by atoms with van der Waals surface area (Å²) in [6, 6.07) is 10.5. The van der Waals surface area contributed by atoms with Crippen molar-refractivity contribution in [2.75, 3.05) is 33.2 Å². The van der Waals surface area contributed by atoms with Gasteiger partial charge in [0.2, 0.25) is 17.6 Å². The quantitative estimate of drug-likeness (QED) is 0.528. The molecule has 38 heavy (non-hydrogen) atoms. The Labute approximate surface area is 224 Å². The summed E-state index contributed by atoms with van der Waals surface area (Å²) in [6.45, 7) is 9.01. The molecule has 1 aromatic carbocycles. The lowest BCUT2D eigenvalue weighted by atomic mass is 9.62. The first-order valence-corrected chi connectivity index (χ1v) is 13.7. The van der Waals surface area contributed by atoms with E-state index in [1.54, 1.807) is 19.3 Å². The largest absolute Gasteiger partial charge is 0.380 e. The lowest BCUT2D eigenvalue weighted by Crippen LogP contribution is -2.63. The minimum absolute atomic E-state index is 0.104. The van der Waals surface area contributed by atoms with Crippen molar-refractivity contribution < 1.29 is 14.4 Å². The number of hydrogen-bond acceptors (Lipinski definition) is 7. The highest BCUT2D eigenvalue weighted by atomic mass is 16.5. The topological polar surface area (TPSA) is 95.6 Å². The molecule has 1 amide bonds. The summed E-state index contributed by atoms with van der Waals surface area (Å²) in [5.74, 6) is 1.31. The molecule has 2 aromatic heterocycles. The fourth-order valence-electron chi connectivity index (χ4n) is 6.55. The molecule has 1 N–H and O–H groups in total. The third-order valence-corrected chi connectivity index (χ3v) is 9.26. The Kier molecular flexibility index (Phi) is 5.96. The molecule has 3 aliphatic rings. The number of aliphatic hydroxyl groups is 1. The molecular formula is C30H37N5O3. The summed E-state index contributed by atoms with van der Waals surface area (Å²) in [4.78, 5) is 25.0. The van der Waals surface area contributed by atoms with Gasteiger partial charge in [0.1, 0.15) is 5.60 Å². The van der Waals surface area contributed by atoms with E-state index in [0.717, 1.165) is 42.6 Å². The number of rotatable bonds is 6. The van der Waals surface area contributed by atoms with Gasteiger partial charge < -0.3 is 19.4 Å². The third-order valence-electron chi connectivity index (χ3n) is 9.26. The highest BCUT2D eigenvalue weighted by Crippen LogP contribution is 2.52. The molecule has 4 heterocycles. The highest BCUT2D eigenvalue weighted by Gasteiger charge is 2.55. The van der Waals surface area contributed by atoms with Gasteiger partial charge >= 0.3 is 0 Å². The number of aromatic nitrogens is 3. The SMILES string of the molecule is CC(=O)N1CCC(c2nc(-c3cncc(C(O)(c4ccc(C5(C)CC5)cc4)C4(C)CN(C)C4)c3)no2)CC1. The molecular weight excluding hydrogens is 478 g/mol. The van der Waals surface area contributed by atoms with Gasteiger partial charge in [0, 0.05) is 68.0 Å². The van der Waals surface area contributed by atoms with E-state index in [0.29, 0.717) is 24.8 Å². The molecule has 0 radical (unpaired) electrons. The van der Waals surface area contributed by atoms with Gasteiger partial charge in [0.25, 0.3) is 0 Å². The fourth-order valence-corrected chi connectivity index (χ4v) is 6.55. The molecule has 1 unspecified atom stereocenters. The van der Waals surface area contributed by atoms with E-state index in [4.69, 9.17) is 9.51 Å². The van der Waals surface area contributed by atoms with Gasteiger partial charge in [-0.15, -0.1) is 0 Å². The molecule has 0 bridgehead atoms. The van der Waals surface area contributed by atoms with E-state index < -0.39 is 5.60 Å². The molecule has 0 spiro atoms. The van der Waals surface area contributed by atoms with E-state index in [1.807, 2.05) is 11.0 Å². The number of nitrogens with zero attached hydrogens (tertiary/aromatic N) is 5. The number of benzene rings is 1. The van der Waals surface area contributed by atoms with Crippen molar-refractivity contribution in [1.82, 2.24) is 24.9 Å². The van der Waals surface area contributed by atoms with Gasteiger partial charge in [-0.2, -0.15) is 4.98 Å². The average molecular weight is 516 g/mol. The molecule has 3 fully saturated rings. The van der Waals surface area contributed by atoms with E-state index in [-0.39, 0.29) is 22.7 Å². The van der Waals surface area contributed by atoms with Crippen LogP contribution in [-0.2, 0) is 15.8 Å². The Hall–Kier alpha value is -3.10. The number of amides is 1. The first kappa shape index (κ1) is 25.2. The zero-order valence-corrected chi connectivity index (χ0v) is 22.8. The summed E-state index contributed by atoms with van der Waals surface area (Å²) in [7, 11) is 2.08. The van der Waals surface area contributed by atoms with Crippen LogP contribution in [0.5, 0.6) is 0 Å². The summed E-state index contributed by atoms with van der Waals surface area (Å²) >= 11 is 0. The van der Waals surface area contributed by atoms with Gasteiger partial charge in [-0.25, -0.2) is 0 Å². The van der Waals surface area contributed by atoms with Crippen LogP contribution in [0.15, 0.2) is 47.2 Å². The van der Waals surface area contributed by atoms with Crippen molar-refractivity contribution in [2.45, 2.75) is 63.4 Å². The van der Waals surface area contributed by atoms with Crippen molar-refractivity contribution in [1.29, 1.82) is 0 Å². The van der Waals surface area contributed by atoms with Crippen molar-refractivity contribution in [2.24, 2.45) is 5.41 Å². The Bertz CT molecular complexity index is 1330. The van der Waals surface area contributed by atoms with E-state index in [2.05, 4.69) is 60.2 Å². The van der Waals surface area contributed by atoms with Gasteiger partial charge in [-0.3, -0.25) is 9.78 Å². The average Bonchev–Trinajstić information content (AvgIpc) is 3.47. The molecule has 6 rings (SSSR count). The van der Waals surface area contributed by atoms with Crippen molar-refractivity contribution in [3.05, 3.63) is 65.3 Å². The number of hydrogen-bond donors (Lipinski definition) is 1. The predicted octanol–water partition coefficient (Wildman–Crippen LogP) is 4.10. The maximum absolute atomic E-state index is 12.5. The normalized spacial score (nSPS) is 22.5. The standard InChI is InChI=1S/C30H37N5O3/c1-20(36)35-13-9-21(10-14-35)27-32-26(33-38-27)22-15-25(17-31-16-22)30(37,29(3)18-34(4)19-29)24-7-5-23(6-8-24)28(2)11-12-28/h5-8,15-17,21,37H,9-14,18-19H2,1-4H3. The molecule has 2 aliphatic heterocycles. The first-order chi connectivity index (χ1) is 18.1. The fraction of sp³-hybridized carbons (Fsp3) is 0.533. The lowest BCUT2D eigenvalue weighted by Gasteiger charge is -2.55. The number of piperidine rings is 1. The predicted molar refractivity (Wildman–Crippen MR) is 143 cm³/mol. The zero-order valence-electron chi connectivity index (χ0n) is 22.8. The Balaban J connectivity index is 1.31. The Morgan fingerprint density at radius 3 is 2.37 bits per heavy atom. The summed E-state index contributed by atoms with van der Waals surface area (Å²) < 4.78 is 5.67. The summed E-state index contributed by atoms with van der Waals surface area (Å²) in [5.41, 5.74) is 2.34. The first-order valence-electron chi connectivity index (χ1n) is 13.7. The maximum atomic E-state index is 12.5. The van der Waals surface area contributed by atoms with Crippen LogP contribution in [0, 0.1) is 5.41 Å². The lowest BCUT2D eigenvalue weighted by molar-refractivity contribution is -0.129. The molecule has 2 saturated heterocycles. The van der Waals surface area contributed by atoms with Crippen molar-refractivity contribution in [3.8, 4) is 11.4 Å². The number of likely N-dealkylation sites (tertiary alicyclic amines) is 2. The van der Waals surface area contributed by atoms with Crippen LogP contribution < -0.4 is 0 Å². The zero-order chi connectivity index (χ0) is 26.7.